The van der Waals surface area contributed by atoms with Gasteiger partial charge in [0.25, 0.3) is 0 Å². The Morgan fingerprint density at radius 2 is 1.94 bits per heavy atom. The lowest BCUT2D eigenvalue weighted by Gasteiger charge is -2.38. The molecule has 94 valence electrons. The van der Waals surface area contributed by atoms with E-state index >= 15 is 0 Å². The van der Waals surface area contributed by atoms with Gasteiger partial charge in [0.2, 0.25) is 5.91 Å². The van der Waals surface area contributed by atoms with Gasteiger partial charge in [0.05, 0.1) is 5.54 Å². The quantitative estimate of drug-likeness (QED) is 0.771. The molecule has 2 N–H and O–H groups in total. The van der Waals surface area contributed by atoms with Crippen LogP contribution in [0.3, 0.4) is 0 Å². The van der Waals surface area contributed by atoms with E-state index in [0.29, 0.717) is 12.5 Å². The maximum atomic E-state index is 12.1. The number of carbonyl (C=O) groups excluding carboxylic acids is 1. The molecule has 0 radical (unpaired) electrons. The Balaban J connectivity index is 2.51. The molecule has 0 aromatic carbocycles. The number of piperidine rings is 1. The van der Waals surface area contributed by atoms with E-state index in [1.807, 2.05) is 18.7 Å². The van der Waals surface area contributed by atoms with Crippen molar-refractivity contribution in [3.8, 4) is 0 Å². The van der Waals surface area contributed by atoms with E-state index in [4.69, 9.17) is 5.73 Å². The molecule has 1 saturated heterocycles. The molecule has 1 heterocycles. The van der Waals surface area contributed by atoms with Gasteiger partial charge in [-0.1, -0.05) is 6.92 Å². The predicted octanol–water partition coefficient (Wildman–Crippen LogP) is 0.666. The first-order valence-electron chi connectivity index (χ1n) is 6.13. The number of hydrogen-bond acceptors (Lipinski definition) is 3. The lowest BCUT2D eigenvalue weighted by Crippen LogP contribution is -2.55. The Bertz CT molecular complexity index is 243. The zero-order chi connectivity index (χ0) is 12.3. The molecule has 1 aliphatic rings. The molecule has 1 aliphatic heterocycles. The van der Waals surface area contributed by atoms with Crippen molar-refractivity contribution in [3.05, 3.63) is 0 Å². The molecule has 0 aromatic rings. The van der Waals surface area contributed by atoms with Gasteiger partial charge in [-0.15, -0.1) is 0 Å². The van der Waals surface area contributed by atoms with Gasteiger partial charge >= 0.3 is 0 Å². The van der Waals surface area contributed by atoms with E-state index in [2.05, 4.69) is 19.0 Å². The summed E-state index contributed by atoms with van der Waals surface area (Å²) in [6.07, 6.45) is 2.80. The standard InChI is InChI=1S/C12H25N3O/c1-5-12(2,13)11(16)15-8-6-10(7-9-15)14(3)4/h10H,5-9,13H2,1-4H3. The van der Waals surface area contributed by atoms with E-state index < -0.39 is 5.54 Å². The third-order valence-electron chi connectivity index (χ3n) is 3.71. The van der Waals surface area contributed by atoms with Crippen molar-refractivity contribution < 1.29 is 4.79 Å². The smallest absolute Gasteiger partial charge is 0.242 e. The fourth-order valence-electron chi connectivity index (χ4n) is 2.10. The summed E-state index contributed by atoms with van der Waals surface area (Å²) < 4.78 is 0. The first-order valence-corrected chi connectivity index (χ1v) is 6.13. The van der Waals surface area contributed by atoms with Crippen molar-refractivity contribution >= 4 is 5.91 Å². The van der Waals surface area contributed by atoms with Crippen LogP contribution < -0.4 is 5.73 Å². The van der Waals surface area contributed by atoms with Crippen molar-refractivity contribution in [3.63, 3.8) is 0 Å². The van der Waals surface area contributed by atoms with Crippen LogP contribution in [0.25, 0.3) is 0 Å². The molecule has 1 unspecified atom stereocenters. The molecule has 1 amide bonds. The summed E-state index contributed by atoms with van der Waals surface area (Å²) in [5.41, 5.74) is 5.29. The van der Waals surface area contributed by atoms with Crippen molar-refractivity contribution in [2.45, 2.75) is 44.7 Å². The molecule has 0 saturated carbocycles. The van der Waals surface area contributed by atoms with Gasteiger partial charge < -0.3 is 15.5 Å². The average Bonchev–Trinajstić information content (AvgIpc) is 2.28. The molecule has 0 bridgehead atoms. The topological polar surface area (TPSA) is 49.6 Å². The lowest BCUT2D eigenvalue weighted by atomic mass is 9.96. The molecule has 0 aromatic heterocycles. The van der Waals surface area contributed by atoms with Gasteiger partial charge in [-0.05, 0) is 40.3 Å². The first-order chi connectivity index (χ1) is 7.38. The number of nitrogens with two attached hydrogens (primary N) is 1. The molecule has 0 aliphatic carbocycles. The van der Waals surface area contributed by atoms with Gasteiger partial charge in [0.15, 0.2) is 0 Å². The van der Waals surface area contributed by atoms with Crippen LogP contribution in [0.2, 0.25) is 0 Å². The van der Waals surface area contributed by atoms with Gasteiger partial charge in [-0.3, -0.25) is 4.79 Å². The zero-order valence-electron chi connectivity index (χ0n) is 11.0. The minimum Gasteiger partial charge on any atom is -0.341 e. The van der Waals surface area contributed by atoms with Crippen LogP contribution in [0.15, 0.2) is 0 Å². The van der Waals surface area contributed by atoms with E-state index in [1.54, 1.807) is 0 Å². The second-order valence-corrected chi connectivity index (χ2v) is 5.26. The maximum absolute atomic E-state index is 12.1. The Hall–Kier alpha value is -0.610. The monoisotopic (exact) mass is 227 g/mol. The van der Waals surface area contributed by atoms with E-state index in [-0.39, 0.29) is 5.91 Å². The third kappa shape index (κ3) is 2.95. The van der Waals surface area contributed by atoms with Crippen LogP contribution in [-0.4, -0.2) is 54.5 Å². The zero-order valence-corrected chi connectivity index (χ0v) is 11.0. The van der Waals surface area contributed by atoms with Gasteiger partial charge in [0.1, 0.15) is 0 Å². The molecule has 4 heteroatoms. The van der Waals surface area contributed by atoms with Crippen molar-refractivity contribution in [2.75, 3.05) is 27.2 Å². The van der Waals surface area contributed by atoms with Crippen LogP contribution in [0.4, 0.5) is 0 Å². The minimum absolute atomic E-state index is 0.104. The molecule has 1 fully saturated rings. The highest BCUT2D eigenvalue weighted by Gasteiger charge is 2.33. The third-order valence-corrected chi connectivity index (χ3v) is 3.71. The summed E-state index contributed by atoms with van der Waals surface area (Å²) in [5, 5.41) is 0. The number of hydrogen-bond donors (Lipinski definition) is 1. The summed E-state index contributed by atoms with van der Waals surface area (Å²) in [5.74, 6) is 0.104. The summed E-state index contributed by atoms with van der Waals surface area (Å²) in [6, 6.07) is 0.606. The highest BCUT2D eigenvalue weighted by Crippen LogP contribution is 2.18. The van der Waals surface area contributed by atoms with Crippen molar-refractivity contribution in [2.24, 2.45) is 5.73 Å². The second-order valence-electron chi connectivity index (χ2n) is 5.26. The van der Waals surface area contributed by atoms with Crippen molar-refractivity contribution in [1.82, 2.24) is 9.80 Å². The largest absolute Gasteiger partial charge is 0.341 e. The maximum Gasteiger partial charge on any atom is 0.242 e. The number of carbonyl (C=O) groups is 1. The summed E-state index contributed by atoms with van der Waals surface area (Å²) in [4.78, 5) is 16.3. The van der Waals surface area contributed by atoms with Crippen LogP contribution in [0.5, 0.6) is 0 Å². The Labute approximate surface area is 98.8 Å². The molecule has 16 heavy (non-hydrogen) atoms. The Morgan fingerprint density at radius 1 is 1.44 bits per heavy atom. The molecule has 1 atom stereocenters. The van der Waals surface area contributed by atoms with E-state index in [0.717, 1.165) is 25.9 Å². The summed E-state index contributed by atoms with van der Waals surface area (Å²) in [6.45, 7) is 5.47. The molecule has 1 rings (SSSR count). The normalized spacial score (nSPS) is 22.2. The fraction of sp³-hybridized carbons (Fsp3) is 0.917. The van der Waals surface area contributed by atoms with Crippen LogP contribution in [0.1, 0.15) is 33.1 Å². The van der Waals surface area contributed by atoms with Gasteiger partial charge in [-0.2, -0.15) is 0 Å². The van der Waals surface area contributed by atoms with E-state index in [1.165, 1.54) is 0 Å². The second kappa shape index (κ2) is 5.15. The predicted molar refractivity (Wildman–Crippen MR) is 66.2 cm³/mol. The van der Waals surface area contributed by atoms with E-state index in [9.17, 15) is 4.79 Å². The highest BCUT2D eigenvalue weighted by molar-refractivity contribution is 5.85. The number of nitrogens with zero attached hydrogens (tertiary/aromatic N) is 2. The van der Waals surface area contributed by atoms with Gasteiger partial charge in [0, 0.05) is 19.1 Å². The first kappa shape index (κ1) is 13.5. The van der Waals surface area contributed by atoms with Crippen molar-refractivity contribution in [1.29, 1.82) is 0 Å². The van der Waals surface area contributed by atoms with Crippen LogP contribution >= 0.6 is 0 Å². The SMILES string of the molecule is CCC(C)(N)C(=O)N1CCC(N(C)C)CC1. The van der Waals surface area contributed by atoms with Gasteiger partial charge in [-0.25, -0.2) is 0 Å². The number of likely N-dealkylation sites (tertiary alicyclic amines) is 1. The average molecular weight is 227 g/mol. The summed E-state index contributed by atoms with van der Waals surface area (Å²) >= 11 is 0. The molecular formula is C12H25N3O. The molecular weight excluding hydrogens is 202 g/mol. The lowest BCUT2D eigenvalue weighted by molar-refractivity contribution is -0.138. The fourth-order valence-corrected chi connectivity index (χ4v) is 2.10. The Morgan fingerprint density at radius 3 is 2.31 bits per heavy atom. The molecule has 0 spiro atoms. The van der Waals surface area contributed by atoms with Crippen LogP contribution in [-0.2, 0) is 4.79 Å². The molecule has 4 nitrogen and oxygen atoms in total. The Kier molecular flexibility index (Phi) is 4.33. The van der Waals surface area contributed by atoms with Crippen LogP contribution in [0, 0.1) is 0 Å². The number of amides is 1. The highest BCUT2D eigenvalue weighted by atomic mass is 16.2. The number of rotatable bonds is 3. The summed E-state index contributed by atoms with van der Waals surface area (Å²) in [7, 11) is 4.20. The minimum atomic E-state index is -0.690.